The molecule has 0 bridgehead atoms. The zero-order valence-corrected chi connectivity index (χ0v) is 17.1. The lowest BCUT2D eigenvalue weighted by Crippen LogP contribution is -2.23. The molecule has 0 atom stereocenters. The topological polar surface area (TPSA) is 104 Å². The second-order valence-corrected chi connectivity index (χ2v) is 7.39. The van der Waals surface area contributed by atoms with E-state index >= 15 is 0 Å². The summed E-state index contributed by atoms with van der Waals surface area (Å²) < 4.78 is 5.88. The number of carbonyl (C=O) groups is 2. The minimum absolute atomic E-state index is 0.110. The Hall–Kier alpha value is -3.87. The molecule has 4 rings (SSSR count). The maximum Gasteiger partial charge on any atom is 0.287 e. The first-order valence-electron chi connectivity index (χ1n) is 10.1. The molecule has 1 aromatic heterocycles. The van der Waals surface area contributed by atoms with Crippen molar-refractivity contribution >= 4 is 17.5 Å². The van der Waals surface area contributed by atoms with Gasteiger partial charge in [-0.3, -0.25) is 9.59 Å². The Morgan fingerprint density at radius 2 is 1.77 bits per heavy atom. The minimum Gasteiger partial charge on any atom is -0.507 e. The van der Waals surface area contributed by atoms with E-state index in [1.807, 2.05) is 37.3 Å². The maximum atomic E-state index is 12.7. The van der Waals surface area contributed by atoms with Crippen molar-refractivity contribution in [1.82, 2.24) is 10.7 Å². The molecule has 1 aliphatic carbocycles. The number of amides is 2. The average molecular weight is 417 g/mol. The number of benzene rings is 2. The van der Waals surface area contributed by atoms with Crippen molar-refractivity contribution in [1.29, 1.82) is 0 Å². The average Bonchev–Trinajstić information content (AvgIpc) is 3.14. The molecule has 0 saturated carbocycles. The van der Waals surface area contributed by atoms with Crippen LogP contribution in [-0.2, 0) is 13.0 Å². The normalized spacial score (nSPS) is 14.2. The molecule has 0 aliphatic heterocycles. The number of hydrazone groups is 1. The molecule has 0 spiro atoms. The van der Waals surface area contributed by atoms with Crippen LogP contribution in [0.4, 0.5) is 0 Å². The van der Waals surface area contributed by atoms with E-state index in [4.69, 9.17) is 4.42 Å². The Bertz CT molecular complexity index is 1150. The molecule has 2 aromatic carbocycles. The summed E-state index contributed by atoms with van der Waals surface area (Å²) in [6.45, 7) is 2.23. The molecule has 2 amide bonds. The summed E-state index contributed by atoms with van der Waals surface area (Å²) in [5.41, 5.74) is 5.79. The lowest BCUT2D eigenvalue weighted by atomic mass is 9.93. The molecule has 7 nitrogen and oxygen atoms in total. The number of phenols is 1. The van der Waals surface area contributed by atoms with Crippen molar-refractivity contribution in [3.63, 3.8) is 0 Å². The lowest BCUT2D eigenvalue weighted by molar-refractivity contribution is 0.0918. The van der Waals surface area contributed by atoms with Crippen molar-refractivity contribution in [2.75, 3.05) is 0 Å². The van der Waals surface area contributed by atoms with Crippen LogP contribution >= 0.6 is 0 Å². The molecule has 3 N–H and O–H groups in total. The van der Waals surface area contributed by atoms with E-state index in [0.717, 1.165) is 17.5 Å². The van der Waals surface area contributed by atoms with Crippen molar-refractivity contribution in [2.24, 2.45) is 5.10 Å². The molecule has 7 heteroatoms. The number of phenolic OH excluding ortho intramolecular Hbond substituents is 1. The summed E-state index contributed by atoms with van der Waals surface area (Å²) in [4.78, 5) is 25.1. The smallest absolute Gasteiger partial charge is 0.287 e. The number of nitrogens with one attached hydrogen (secondary N) is 2. The molecule has 0 fully saturated rings. The van der Waals surface area contributed by atoms with Gasteiger partial charge in [-0.2, -0.15) is 5.10 Å². The fourth-order valence-electron chi connectivity index (χ4n) is 3.70. The number of hydrogen-bond donors (Lipinski definition) is 3. The fourth-order valence-corrected chi connectivity index (χ4v) is 3.70. The standard InChI is InChI=1S/C24H23N3O4/c1-15-21-18(26-27-23(29)17-10-5-6-12-19(17)28)11-7-13-20(21)31-22(15)24(30)25-14-16-8-3-2-4-9-16/h2-6,8-10,12,28H,7,11,13-14H2,1H3,(H,25,30)(H,27,29)/b26-18+. The highest BCUT2D eigenvalue weighted by Crippen LogP contribution is 2.30. The molecule has 0 saturated heterocycles. The van der Waals surface area contributed by atoms with Crippen LogP contribution in [0.5, 0.6) is 5.75 Å². The summed E-state index contributed by atoms with van der Waals surface area (Å²) in [5, 5.41) is 17.0. The van der Waals surface area contributed by atoms with E-state index in [0.29, 0.717) is 36.4 Å². The van der Waals surface area contributed by atoms with Crippen molar-refractivity contribution in [2.45, 2.75) is 32.7 Å². The van der Waals surface area contributed by atoms with Gasteiger partial charge in [0.2, 0.25) is 0 Å². The Morgan fingerprint density at radius 1 is 1.03 bits per heavy atom. The molecule has 0 unspecified atom stereocenters. The predicted molar refractivity (Wildman–Crippen MR) is 116 cm³/mol. The first kappa shape index (κ1) is 20.4. The van der Waals surface area contributed by atoms with Gasteiger partial charge in [0.1, 0.15) is 11.5 Å². The van der Waals surface area contributed by atoms with Crippen LogP contribution in [0.2, 0.25) is 0 Å². The first-order chi connectivity index (χ1) is 15.0. The van der Waals surface area contributed by atoms with E-state index < -0.39 is 5.91 Å². The summed E-state index contributed by atoms with van der Waals surface area (Å²) in [5.74, 6) is 0.0705. The number of carbonyl (C=O) groups excluding carboxylic acids is 2. The summed E-state index contributed by atoms with van der Waals surface area (Å²) in [7, 11) is 0. The number of para-hydroxylation sites is 1. The van der Waals surface area contributed by atoms with Crippen LogP contribution in [0.15, 0.2) is 64.1 Å². The van der Waals surface area contributed by atoms with E-state index in [1.165, 1.54) is 12.1 Å². The predicted octanol–water partition coefficient (Wildman–Crippen LogP) is 3.69. The largest absolute Gasteiger partial charge is 0.507 e. The lowest BCUT2D eigenvalue weighted by Gasteiger charge is -2.13. The number of rotatable bonds is 5. The van der Waals surface area contributed by atoms with E-state index in [2.05, 4.69) is 15.8 Å². The van der Waals surface area contributed by atoms with Crippen LogP contribution < -0.4 is 10.7 Å². The molecule has 31 heavy (non-hydrogen) atoms. The molecule has 3 aromatic rings. The van der Waals surface area contributed by atoms with Crippen molar-refractivity contribution in [3.05, 3.63) is 88.4 Å². The zero-order valence-electron chi connectivity index (χ0n) is 17.1. The Kier molecular flexibility index (Phi) is 5.84. The van der Waals surface area contributed by atoms with Gasteiger partial charge in [0.05, 0.1) is 11.3 Å². The van der Waals surface area contributed by atoms with Crippen LogP contribution in [0.25, 0.3) is 0 Å². The minimum atomic E-state index is -0.500. The number of nitrogens with zero attached hydrogens (tertiary/aromatic N) is 1. The number of furan rings is 1. The van der Waals surface area contributed by atoms with Crippen LogP contribution in [0.3, 0.4) is 0 Å². The third-order valence-corrected chi connectivity index (χ3v) is 5.27. The van der Waals surface area contributed by atoms with Crippen LogP contribution in [-0.4, -0.2) is 22.6 Å². The highest BCUT2D eigenvalue weighted by atomic mass is 16.4. The third-order valence-electron chi connectivity index (χ3n) is 5.27. The maximum absolute atomic E-state index is 12.7. The van der Waals surface area contributed by atoms with Crippen molar-refractivity contribution in [3.8, 4) is 5.75 Å². The number of fused-ring (bicyclic) bond motifs is 1. The Labute approximate surface area is 179 Å². The summed E-state index contributed by atoms with van der Waals surface area (Å²) >= 11 is 0. The second-order valence-electron chi connectivity index (χ2n) is 7.39. The molecular weight excluding hydrogens is 394 g/mol. The van der Waals surface area contributed by atoms with Gasteiger partial charge in [-0.15, -0.1) is 0 Å². The number of aryl methyl sites for hydroxylation is 1. The number of aromatic hydroxyl groups is 1. The first-order valence-corrected chi connectivity index (χ1v) is 10.1. The SMILES string of the molecule is Cc1c(C(=O)NCc2ccccc2)oc2c1/C(=N/NC(=O)c1ccccc1O)CCC2. The fraction of sp³-hybridized carbons (Fsp3) is 0.208. The molecule has 0 radical (unpaired) electrons. The Morgan fingerprint density at radius 3 is 2.55 bits per heavy atom. The second kappa shape index (κ2) is 8.87. The molecular formula is C24H23N3O4. The van der Waals surface area contributed by atoms with Gasteiger partial charge in [0.15, 0.2) is 5.76 Å². The molecule has 1 heterocycles. The molecule has 158 valence electrons. The van der Waals surface area contributed by atoms with Crippen LogP contribution in [0, 0.1) is 6.92 Å². The highest BCUT2D eigenvalue weighted by Gasteiger charge is 2.28. The van der Waals surface area contributed by atoms with Gasteiger partial charge < -0.3 is 14.8 Å². The van der Waals surface area contributed by atoms with E-state index in [9.17, 15) is 14.7 Å². The quantitative estimate of drug-likeness (QED) is 0.551. The zero-order chi connectivity index (χ0) is 21.8. The van der Waals surface area contributed by atoms with E-state index in [1.54, 1.807) is 12.1 Å². The number of hydrogen-bond acceptors (Lipinski definition) is 5. The summed E-state index contributed by atoms with van der Waals surface area (Å²) in [6, 6.07) is 15.9. The highest BCUT2D eigenvalue weighted by molar-refractivity contribution is 6.07. The monoisotopic (exact) mass is 417 g/mol. The third kappa shape index (κ3) is 4.35. The van der Waals surface area contributed by atoms with Gasteiger partial charge >= 0.3 is 0 Å². The van der Waals surface area contributed by atoms with Gasteiger partial charge in [0.25, 0.3) is 11.8 Å². The Balaban J connectivity index is 1.52. The van der Waals surface area contributed by atoms with Gasteiger partial charge in [0, 0.05) is 24.1 Å². The van der Waals surface area contributed by atoms with Crippen LogP contribution in [0.1, 0.15) is 56.2 Å². The summed E-state index contributed by atoms with van der Waals surface area (Å²) in [6.07, 6.45) is 2.16. The van der Waals surface area contributed by atoms with Gasteiger partial charge in [-0.05, 0) is 37.5 Å². The van der Waals surface area contributed by atoms with E-state index in [-0.39, 0.29) is 23.0 Å². The van der Waals surface area contributed by atoms with Gasteiger partial charge in [-0.25, -0.2) is 5.43 Å². The van der Waals surface area contributed by atoms with Gasteiger partial charge in [-0.1, -0.05) is 42.5 Å². The molecule has 1 aliphatic rings. The van der Waals surface area contributed by atoms with Crippen molar-refractivity contribution < 1.29 is 19.1 Å².